The number of carbonyl (C=O) groups is 1. The van der Waals surface area contributed by atoms with E-state index in [9.17, 15) is 9.36 Å². The van der Waals surface area contributed by atoms with Gasteiger partial charge in [-0.25, -0.2) is 4.79 Å². The minimum Gasteiger partial charge on any atom is -0.462 e. The van der Waals surface area contributed by atoms with E-state index in [-0.39, 0.29) is 25.1 Å². The zero-order chi connectivity index (χ0) is 19.4. The molecule has 0 aliphatic heterocycles. The molecule has 2 aromatic rings. The Bertz CT molecular complexity index is 874. The maximum atomic E-state index is 13.6. The molecular weight excluding hydrogens is 363 g/mol. The number of esters is 1. The molecule has 0 spiro atoms. The quantitative estimate of drug-likeness (QED) is 0.315. The van der Waals surface area contributed by atoms with Gasteiger partial charge in [0.2, 0.25) is 0 Å². The van der Waals surface area contributed by atoms with Crippen LogP contribution in [0.2, 0.25) is 0 Å². The second-order valence-electron chi connectivity index (χ2n) is 5.87. The Labute approximate surface area is 159 Å². The highest BCUT2D eigenvalue weighted by molar-refractivity contribution is 7.60. The van der Waals surface area contributed by atoms with Crippen LogP contribution >= 0.6 is 7.60 Å². The molecule has 0 saturated heterocycles. The first-order valence-electron chi connectivity index (χ1n) is 9.07. The van der Waals surface area contributed by atoms with Crippen LogP contribution in [0.15, 0.2) is 53.8 Å². The third-order valence-corrected chi connectivity index (χ3v) is 6.41. The highest BCUT2D eigenvalue weighted by Crippen LogP contribution is 2.61. The topological polar surface area (TPSA) is 61.8 Å². The standard InChI is InChI=1S/C21H23O5P/c1-4-24-21(22)20(27(23,25-5-2)26-6-3)19-17-13-9-7-11-15(17)16-12-8-10-14-18(16)19/h7-14H,4-6H2,1-3H3. The molecule has 0 saturated carbocycles. The second-order valence-corrected chi connectivity index (χ2v) is 7.83. The first-order valence-corrected chi connectivity index (χ1v) is 10.6. The van der Waals surface area contributed by atoms with Crippen molar-refractivity contribution < 1.29 is 23.1 Å². The van der Waals surface area contributed by atoms with Crippen LogP contribution < -0.4 is 0 Å². The van der Waals surface area contributed by atoms with Gasteiger partial charge in [0.1, 0.15) is 0 Å². The van der Waals surface area contributed by atoms with E-state index in [1.54, 1.807) is 20.8 Å². The van der Waals surface area contributed by atoms with Gasteiger partial charge in [0.15, 0.2) is 5.31 Å². The molecule has 6 heteroatoms. The maximum absolute atomic E-state index is 13.6. The number of ether oxygens (including phenoxy) is 1. The van der Waals surface area contributed by atoms with Gasteiger partial charge in [0.25, 0.3) is 0 Å². The summed E-state index contributed by atoms with van der Waals surface area (Å²) in [5.41, 5.74) is 4.15. The molecule has 5 nitrogen and oxygen atoms in total. The zero-order valence-electron chi connectivity index (χ0n) is 15.7. The molecule has 3 rings (SSSR count). The molecule has 0 amide bonds. The van der Waals surface area contributed by atoms with E-state index in [1.807, 2.05) is 48.5 Å². The summed E-state index contributed by atoms with van der Waals surface area (Å²) in [5, 5.41) is -0.0366. The Morgan fingerprint density at radius 2 is 1.22 bits per heavy atom. The fraction of sp³-hybridized carbons (Fsp3) is 0.286. The first kappa shape index (κ1) is 19.6. The average Bonchev–Trinajstić information content (AvgIpc) is 2.97. The van der Waals surface area contributed by atoms with Crippen molar-refractivity contribution in [3.8, 4) is 11.1 Å². The first-order chi connectivity index (χ1) is 13.1. The van der Waals surface area contributed by atoms with Crippen LogP contribution in [0, 0.1) is 0 Å². The second kappa shape index (κ2) is 8.22. The van der Waals surface area contributed by atoms with Crippen molar-refractivity contribution in [2.24, 2.45) is 0 Å². The van der Waals surface area contributed by atoms with Gasteiger partial charge in [0.05, 0.1) is 19.8 Å². The number of benzene rings is 2. The predicted molar refractivity (Wildman–Crippen MR) is 105 cm³/mol. The van der Waals surface area contributed by atoms with Gasteiger partial charge in [-0.15, -0.1) is 0 Å². The van der Waals surface area contributed by atoms with Gasteiger partial charge >= 0.3 is 13.6 Å². The SMILES string of the molecule is CCOC(=O)C(=C1c2ccccc2-c2ccccc21)P(=O)(OCC)OCC. The van der Waals surface area contributed by atoms with Gasteiger partial charge in [0, 0.05) is 5.57 Å². The molecule has 0 unspecified atom stereocenters. The largest absolute Gasteiger partial charge is 0.462 e. The van der Waals surface area contributed by atoms with E-state index in [2.05, 4.69) is 0 Å². The Balaban J connectivity index is 2.38. The van der Waals surface area contributed by atoms with E-state index in [1.165, 1.54) is 0 Å². The number of carbonyl (C=O) groups excluding carboxylic acids is 1. The Morgan fingerprint density at radius 3 is 1.63 bits per heavy atom. The molecule has 0 aromatic heterocycles. The van der Waals surface area contributed by atoms with Crippen molar-refractivity contribution in [2.45, 2.75) is 20.8 Å². The van der Waals surface area contributed by atoms with Crippen LogP contribution in [-0.4, -0.2) is 25.8 Å². The summed E-state index contributed by atoms with van der Waals surface area (Å²) in [5.74, 6) is -0.677. The summed E-state index contributed by atoms with van der Waals surface area (Å²) >= 11 is 0. The van der Waals surface area contributed by atoms with E-state index < -0.39 is 13.6 Å². The molecule has 0 fully saturated rings. The summed E-state index contributed by atoms with van der Waals surface area (Å²) in [7, 11) is -3.87. The molecule has 2 aromatic carbocycles. The van der Waals surface area contributed by atoms with Gasteiger partial charge in [-0.3, -0.25) is 4.57 Å². The van der Waals surface area contributed by atoms with Crippen molar-refractivity contribution in [1.82, 2.24) is 0 Å². The number of hydrogen-bond donors (Lipinski definition) is 0. The third-order valence-electron chi connectivity index (χ3n) is 4.26. The summed E-state index contributed by atoms with van der Waals surface area (Å²) in [6.07, 6.45) is 0. The van der Waals surface area contributed by atoms with E-state index in [4.69, 9.17) is 13.8 Å². The molecule has 27 heavy (non-hydrogen) atoms. The smallest absolute Gasteiger partial charge is 0.369 e. The molecule has 1 aliphatic rings. The van der Waals surface area contributed by atoms with Gasteiger partial charge in [-0.05, 0) is 43.0 Å². The van der Waals surface area contributed by atoms with Crippen molar-refractivity contribution in [3.05, 3.63) is 65.0 Å². The molecule has 0 heterocycles. The van der Waals surface area contributed by atoms with Crippen molar-refractivity contribution in [1.29, 1.82) is 0 Å². The minimum absolute atomic E-state index is 0.0366. The third kappa shape index (κ3) is 3.51. The number of fused-ring (bicyclic) bond motifs is 3. The van der Waals surface area contributed by atoms with Crippen LogP contribution in [0.4, 0.5) is 0 Å². The normalized spacial score (nSPS) is 12.5. The molecule has 0 atom stereocenters. The Kier molecular flexibility index (Phi) is 5.95. The minimum atomic E-state index is -3.87. The predicted octanol–water partition coefficient (Wildman–Crippen LogP) is 5.26. The lowest BCUT2D eigenvalue weighted by molar-refractivity contribution is -0.137. The van der Waals surface area contributed by atoms with Gasteiger partial charge in [-0.2, -0.15) is 0 Å². The fourth-order valence-corrected chi connectivity index (χ4v) is 5.14. The van der Waals surface area contributed by atoms with Crippen LogP contribution in [0.3, 0.4) is 0 Å². The fourth-order valence-electron chi connectivity index (χ4n) is 3.33. The average molecular weight is 386 g/mol. The van der Waals surface area contributed by atoms with E-state index in [0.29, 0.717) is 5.57 Å². The lowest BCUT2D eigenvalue weighted by atomic mass is 10.0. The van der Waals surface area contributed by atoms with Crippen molar-refractivity contribution in [3.63, 3.8) is 0 Å². The highest BCUT2D eigenvalue weighted by atomic mass is 31.2. The summed E-state index contributed by atoms with van der Waals surface area (Å²) < 4.78 is 29.9. The lowest BCUT2D eigenvalue weighted by Gasteiger charge is -2.21. The van der Waals surface area contributed by atoms with Crippen molar-refractivity contribution >= 4 is 19.1 Å². The van der Waals surface area contributed by atoms with Crippen molar-refractivity contribution in [2.75, 3.05) is 19.8 Å². The van der Waals surface area contributed by atoms with Crippen LogP contribution in [0.5, 0.6) is 0 Å². The maximum Gasteiger partial charge on any atom is 0.369 e. The lowest BCUT2D eigenvalue weighted by Crippen LogP contribution is -2.13. The zero-order valence-corrected chi connectivity index (χ0v) is 16.6. The van der Waals surface area contributed by atoms with Crippen LogP contribution in [-0.2, 0) is 23.1 Å². The Hall–Kier alpha value is -2.20. The summed E-state index contributed by atoms with van der Waals surface area (Å²) in [6.45, 7) is 5.61. The molecule has 1 aliphatic carbocycles. The highest BCUT2D eigenvalue weighted by Gasteiger charge is 2.42. The van der Waals surface area contributed by atoms with Gasteiger partial charge in [-0.1, -0.05) is 48.5 Å². The van der Waals surface area contributed by atoms with Gasteiger partial charge < -0.3 is 13.8 Å². The van der Waals surface area contributed by atoms with Crippen LogP contribution in [0.25, 0.3) is 16.7 Å². The summed E-state index contributed by atoms with van der Waals surface area (Å²) in [6, 6.07) is 15.4. The van der Waals surface area contributed by atoms with E-state index >= 15 is 0 Å². The number of hydrogen-bond acceptors (Lipinski definition) is 5. The Morgan fingerprint density at radius 1 is 0.778 bits per heavy atom. The monoisotopic (exact) mass is 386 g/mol. The van der Waals surface area contributed by atoms with E-state index in [0.717, 1.165) is 22.3 Å². The molecule has 0 bridgehead atoms. The molecule has 0 radical (unpaired) electrons. The summed E-state index contributed by atoms with van der Waals surface area (Å²) in [4.78, 5) is 12.9. The molecule has 142 valence electrons. The van der Waals surface area contributed by atoms with Crippen LogP contribution in [0.1, 0.15) is 31.9 Å². The number of rotatable bonds is 7. The molecular formula is C21H23O5P. The molecule has 0 N–H and O–H groups in total.